The zero-order valence-electron chi connectivity index (χ0n) is 13.7. The molecule has 0 aromatic carbocycles. The Bertz CT molecular complexity index is 466. The average molecular weight is 347 g/mol. The molecule has 1 amide bonds. The molecular formula is C15H25NO8. The first-order valence-corrected chi connectivity index (χ1v) is 7.78. The zero-order valence-corrected chi connectivity index (χ0v) is 13.7. The molecule has 1 aliphatic rings. The second-order valence-corrected chi connectivity index (χ2v) is 5.62. The molecule has 9 heteroatoms. The van der Waals surface area contributed by atoms with Crippen molar-refractivity contribution in [1.29, 1.82) is 0 Å². The van der Waals surface area contributed by atoms with Crippen LogP contribution in [0.25, 0.3) is 0 Å². The number of unbranched alkanes of at least 4 members (excludes halogenated alkanes) is 1. The minimum absolute atomic E-state index is 0.184. The summed E-state index contributed by atoms with van der Waals surface area (Å²) < 4.78 is 10.4. The van der Waals surface area contributed by atoms with Gasteiger partial charge in [0.1, 0.15) is 18.3 Å². The topological polar surface area (TPSA) is 146 Å². The first-order chi connectivity index (χ1) is 11.3. The number of rotatable bonds is 9. The molecule has 0 saturated heterocycles. The van der Waals surface area contributed by atoms with Crippen LogP contribution in [0.3, 0.4) is 0 Å². The molecule has 138 valence electrons. The summed E-state index contributed by atoms with van der Waals surface area (Å²) in [6, 6.07) is -1.11. The third kappa shape index (κ3) is 5.75. The number of carboxylic acids is 1. The van der Waals surface area contributed by atoms with Gasteiger partial charge < -0.3 is 35.2 Å². The highest BCUT2D eigenvalue weighted by molar-refractivity contribution is 5.84. The zero-order chi connectivity index (χ0) is 18.3. The van der Waals surface area contributed by atoms with Crippen LogP contribution >= 0.6 is 0 Å². The van der Waals surface area contributed by atoms with Crippen LogP contribution in [0.4, 0.5) is 0 Å². The molecule has 24 heavy (non-hydrogen) atoms. The lowest BCUT2D eigenvalue weighted by Crippen LogP contribution is -2.59. The van der Waals surface area contributed by atoms with Crippen molar-refractivity contribution in [2.75, 3.05) is 13.2 Å². The van der Waals surface area contributed by atoms with Gasteiger partial charge in [0.05, 0.1) is 12.6 Å². The van der Waals surface area contributed by atoms with E-state index in [4.69, 9.17) is 14.6 Å². The maximum absolute atomic E-state index is 11.3. The van der Waals surface area contributed by atoms with Gasteiger partial charge in [0.2, 0.25) is 11.7 Å². The van der Waals surface area contributed by atoms with E-state index in [1.54, 1.807) is 0 Å². The summed E-state index contributed by atoms with van der Waals surface area (Å²) >= 11 is 0. The monoisotopic (exact) mass is 347 g/mol. The lowest BCUT2D eigenvalue weighted by atomic mass is 9.94. The fourth-order valence-corrected chi connectivity index (χ4v) is 2.29. The molecule has 5 N–H and O–H groups in total. The van der Waals surface area contributed by atoms with Crippen LogP contribution in [0.1, 0.15) is 26.7 Å². The van der Waals surface area contributed by atoms with E-state index in [1.807, 2.05) is 6.92 Å². The largest absolute Gasteiger partial charge is 0.478 e. The van der Waals surface area contributed by atoms with E-state index >= 15 is 0 Å². The minimum atomic E-state index is -1.57. The van der Waals surface area contributed by atoms with E-state index in [9.17, 15) is 24.9 Å². The average Bonchev–Trinajstić information content (AvgIpc) is 2.51. The third-order valence-corrected chi connectivity index (χ3v) is 3.55. The predicted molar refractivity (Wildman–Crippen MR) is 81.9 cm³/mol. The second-order valence-electron chi connectivity index (χ2n) is 5.62. The van der Waals surface area contributed by atoms with Gasteiger partial charge in [-0.1, -0.05) is 13.3 Å². The van der Waals surface area contributed by atoms with Crippen molar-refractivity contribution in [3.05, 3.63) is 11.8 Å². The van der Waals surface area contributed by atoms with E-state index < -0.39 is 48.1 Å². The summed E-state index contributed by atoms with van der Waals surface area (Å²) in [5.41, 5.74) is 0. The van der Waals surface area contributed by atoms with Gasteiger partial charge in [-0.2, -0.15) is 0 Å². The number of nitrogens with one attached hydrogen (secondary N) is 1. The highest BCUT2D eigenvalue weighted by Gasteiger charge is 2.43. The van der Waals surface area contributed by atoms with Crippen molar-refractivity contribution in [1.82, 2.24) is 5.32 Å². The number of aliphatic hydroxyl groups excluding tert-OH is 3. The maximum Gasteiger partial charge on any atom is 0.370 e. The van der Waals surface area contributed by atoms with Crippen molar-refractivity contribution in [2.24, 2.45) is 0 Å². The highest BCUT2D eigenvalue weighted by Crippen LogP contribution is 2.23. The van der Waals surface area contributed by atoms with Crippen molar-refractivity contribution in [3.8, 4) is 0 Å². The Hall–Kier alpha value is -1.68. The number of carboxylic acid groups (broad SMARTS) is 1. The first-order valence-electron chi connectivity index (χ1n) is 7.78. The molecule has 0 aromatic rings. The van der Waals surface area contributed by atoms with E-state index in [1.165, 1.54) is 6.92 Å². The van der Waals surface area contributed by atoms with Crippen LogP contribution in [0.5, 0.6) is 0 Å². The Labute approximate surface area is 139 Å². The van der Waals surface area contributed by atoms with Gasteiger partial charge >= 0.3 is 5.97 Å². The Morgan fingerprint density at radius 2 is 2.08 bits per heavy atom. The lowest BCUT2D eigenvalue weighted by Gasteiger charge is -2.38. The summed E-state index contributed by atoms with van der Waals surface area (Å²) in [5, 5.41) is 41.7. The summed E-state index contributed by atoms with van der Waals surface area (Å²) in [7, 11) is 0. The van der Waals surface area contributed by atoms with Crippen molar-refractivity contribution < 1.29 is 39.5 Å². The molecule has 0 saturated carbocycles. The molecule has 0 radical (unpaired) electrons. The number of hydrogen-bond acceptors (Lipinski definition) is 7. The van der Waals surface area contributed by atoms with E-state index in [0.29, 0.717) is 6.61 Å². The van der Waals surface area contributed by atoms with Gasteiger partial charge in [-0.3, -0.25) is 4.79 Å². The summed E-state index contributed by atoms with van der Waals surface area (Å²) in [6.07, 6.45) is -3.04. The first kappa shape index (κ1) is 20.4. The van der Waals surface area contributed by atoms with E-state index in [-0.39, 0.29) is 6.61 Å². The van der Waals surface area contributed by atoms with Crippen molar-refractivity contribution in [3.63, 3.8) is 0 Å². The summed E-state index contributed by atoms with van der Waals surface area (Å²) in [6.45, 7) is 3.40. The number of ether oxygens (including phenoxy) is 2. The van der Waals surface area contributed by atoms with Crippen LogP contribution in [0, 0.1) is 0 Å². The van der Waals surface area contributed by atoms with Crippen LogP contribution < -0.4 is 5.32 Å². The fourth-order valence-electron chi connectivity index (χ4n) is 2.29. The molecular weight excluding hydrogens is 322 g/mol. The maximum atomic E-state index is 11.3. The van der Waals surface area contributed by atoms with Gasteiger partial charge in [0.25, 0.3) is 0 Å². The lowest BCUT2D eigenvalue weighted by molar-refractivity contribution is -0.150. The van der Waals surface area contributed by atoms with Gasteiger partial charge in [-0.25, -0.2) is 4.79 Å². The van der Waals surface area contributed by atoms with Crippen LogP contribution in [0.2, 0.25) is 0 Å². The van der Waals surface area contributed by atoms with Gasteiger partial charge in [-0.15, -0.1) is 0 Å². The number of carbonyl (C=O) groups is 2. The standard InChI is InChI=1S/C15H25NO8/c1-3-4-5-23-7-10(19)13(20)14-12(16-8(2)17)9(18)6-11(24-14)15(21)22/h6,9-10,12-14,18-20H,3-5,7H2,1-2H3,(H,16,17)(H,21,22)/t9?,10-,12-,13-,14?/m1/s1. The van der Waals surface area contributed by atoms with Gasteiger partial charge in [0.15, 0.2) is 6.10 Å². The summed E-state index contributed by atoms with van der Waals surface area (Å²) in [5.74, 6) is -2.49. The molecule has 5 atom stereocenters. The number of aliphatic carboxylic acids is 1. The molecule has 0 aromatic heterocycles. The Balaban J connectivity index is 2.83. The normalized spacial score (nSPS) is 26.0. The molecule has 0 spiro atoms. The minimum Gasteiger partial charge on any atom is -0.478 e. The summed E-state index contributed by atoms with van der Waals surface area (Å²) in [4.78, 5) is 22.3. The molecule has 9 nitrogen and oxygen atoms in total. The number of carbonyl (C=O) groups excluding carboxylic acids is 1. The smallest absolute Gasteiger partial charge is 0.370 e. The molecule has 2 unspecified atom stereocenters. The molecule has 1 rings (SSSR count). The Morgan fingerprint density at radius 3 is 2.62 bits per heavy atom. The molecule has 1 heterocycles. The Morgan fingerprint density at radius 1 is 1.42 bits per heavy atom. The fraction of sp³-hybridized carbons (Fsp3) is 0.733. The van der Waals surface area contributed by atoms with Crippen LogP contribution in [-0.4, -0.2) is 76.0 Å². The second kappa shape index (κ2) is 9.58. The SMILES string of the molecule is CCCCOC[C@@H](O)[C@@H](O)C1OC(C(=O)O)=CC(O)[C@H]1NC(C)=O. The predicted octanol–water partition coefficient (Wildman–Crippen LogP) is -1.24. The third-order valence-electron chi connectivity index (χ3n) is 3.55. The molecule has 0 bridgehead atoms. The number of amides is 1. The van der Waals surface area contributed by atoms with Gasteiger partial charge in [-0.05, 0) is 12.5 Å². The van der Waals surface area contributed by atoms with E-state index in [0.717, 1.165) is 18.9 Å². The quantitative estimate of drug-likeness (QED) is 0.326. The molecule has 1 aliphatic heterocycles. The van der Waals surface area contributed by atoms with Crippen LogP contribution in [0.15, 0.2) is 11.8 Å². The van der Waals surface area contributed by atoms with Crippen LogP contribution in [-0.2, 0) is 19.1 Å². The Kier molecular flexibility index (Phi) is 8.13. The number of aliphatic hydroxyl groups is 3. The van der Waals surface area contributed by atoms with E-state index in [2.05, 4.69) is 5.32 Å². The number of hydrogen-bond donors (Lipinski definition) is 5. The molecule has 0 aliphatic carbocycles. The highest BCUT2D eigenvalue weighted by atomic mass is 16.5. The van der Waals surface area contributed by atoms with Crippen molar-refractivity contribution >= 4 is 11.9 Å². The van der Waals surface area contributed by atoms with Gasteiger partial charge in [0, 0.05) is 13.5 Å². The molecule has 0 fully saturated rings. The van der Waals surface area contributed by atoms with Crippen molar-refractivity contribution in [2.45, 2.75) is 57.1 Å².